The van der Waals surface area contributed by atoms with Crippen LogP contribution >= 0.6 is 0 Å². The highest BCUT2D eigenvalue weighted by atomic mass is 16.5. The Labute approximate surface area is 159 Å². The first-order valence-corrected chi connectivity index (χ1v) is 11.4. The molecule has 0 aromatic carbocycles. The molecular weight excluding hydrogens is 320 g/mol. The van der Waals surface area contributed by atoms with Gasteiger partial charge < -0.3 is 9.84 Å². The van der Waals surface area contributed by atoms with Crippen molar-refractivity contribution in [2.45, 2.75) is 84.2 Å². The molecule has 2 nitrogen and oxygen atoms in total. The van der Waals surface area contributed by atoms with Crippen LogP contribution in [-0.2, 0) is 4.74 Å². The van der Waals surface area contributed by atoms with Gasteiger partial charge >= 0.3 is 0 Å². The highest BCUT2D eigenvalue weighted by Crippen LogP contribution is 2.70. The summed E-state index contributed by atoms with van der Waals surface area (Å²) < 4.78 is 5.66. The van der Waals surface area contributed by atoms with Crippen molar-refractivity contribution in [1.82, 2.24) is 0 Å². The fourth-order valence-corrected chi connectivity index (χ4v) is 8.68. The second kappa shape index (κ2) is 5.83. The first kappa shape index (κ1) is 17.7. The molecule has 5 rings (SSSR count). The molecule has 0 aromatic rings. The van der Waals surface area contributed by atoms with Gasteiger partial charge in [-0.1, -0.05) is 33.3 Å². The Hall–Kier alpha value is -0.340. The SMILES string of the molecule is C[C@H]1CC[C@]2(C)C3CC[C@]4(C)[C@@H](C5=CCOC5)CC[C@]4(O)C3CC[C@@H]2C1. The number of rotatable bonds is 1. The molecule has 2 heteroatoms. The van der Waals surface area contributed by atoms with E-state index in [1.165, 1.54) is 56.9 Å². The predicted octanol–water partition coefficient (Wildman–Crippen LogP) is 5.35. The minimum Gasteiger partial charge on any atom is -0.389 e. The predicted molar refractivity (Wildman–Crippen MR) is 105 cm³/mol. The molecule has 0 bridgehead atoms. The van der Waals surface area contributed by atoms with Crippen molar-refractivity contribution in [2.75, 3.05) is 13.2 Å². The van der Waals surface area contributed by atoms with E-state index in [0.717, 1.165) is 37.4 Å². The van der Waals surface area contributed by atoms with Crippen LogP contribution in [0.2, 0.25) is 0 Å². The minimum absolute atomic E-state index is 0.0683. The van der Waals surface area contributed by atoms with Gasteiger partial charge in [-0.05, 0) is 91.9 Å². The second-order valence-corrected chi connectivity index (χ2v) is 11.1. The summed E-state index contributed by atoms with van der Waals surface area (Å²) in [5.41, 5.74) is 1.61. The van der Waals surface area contributed by atoms with Gasteiger partial charge in [-0.15, -0.1) is 0 Å². The molecule has 5 aliphatic rings. The van der Waals surface area contributed by atoms with Crippen molar-refractivity contribution < 1.29 is 9.84 Å². The van der Waals surface area contributed by atoms with Gasteiger partial charge in [0.15, 0.2) is 0 Å². The van der Waals surface area contributed by atoms with Crippen molar-refractivity contribution in [3.63, 3.8) is 0 Å². The smallest absolute Gasteiger partial charge is 0.0737 e. The largest absolute Gasteiger partial charge is 0.389 e. The first-order valence-electron chi connectivity index (χ1n) is 11.4. The lowest BCUT2D eigenvalue weighted by molar-refractivity contribution is -0.205. The summed E-state index contributed by atoms with van der Waals surface area (Å²) in [4.78, 5) is 0. The molecule has 146 valence electrons. The minimum atomic E-state index is -0.443. The second-order valence-electron chi connectivity index (χ2n) is 11.1. The molecule has 0 aromatic heterocycles. The van der Waals surface area contributed by atoms with E-state index in [2.05, 4.69) is 26.8 Å². The summed E-state index contributed by atoms with van der Waals surface area (Å²) in [6.45, 7) is 9.08. The normalized spacial score (nSPS) is 56.5. The van der Waals surface area contributed by atoms with E-state index in [1.54, 1.807) is 0 Å². The van der Waals surface area contributed by atoms with E-state index in [4.69, 9.17) is 4.74 Å². The topological polar surface area (TPSA) is 29.5 Å². The molecule has 1 N–H and O–H groups in total. The Morgan fingerprint density at radius 2 is 1.85 bits per heavy atom. The van der Waals surface area contributed by atoms with Gasteiger partial charge in [0.1, 0.15) is 0 Å². The molecule has 0 saturated heterocycles. The monoisotopic (exact) mass is 358 g/mol. The average Bonchev–Trinajstić information content (AvgIpc) is 3.21. The third-order valence-corrected chi connectivity index (χ3v) is 10.3. The molecule has 0 amide bonds. The van der Waals surface area contributed by atoms with Crippen LogP contribution in [0.5, 0.6) is 0 Å². The number of hydrogen-bond donors (Lipinski definition) is 1. The molecule has 4 fully saturated rings. The van der Waals surface area contributed by atoms with Crippen LogP contribution in [0.1, 0.15) is 78.6 Å². The first-order chi connectivity index (χ1) is 12.4. The summed E-state index contributed by atoms with van der Waals surface area (Å²) in [6, 6.07) is 0. The van der Waals surface area contributed by atoms with Gasteiger partial charge in [0.25, 0.3) is 0 Å². The standard InChI is InChI=1S/C24H38O2/c1-16-6-10-22(2)18(14-16)4-5-21-20(22)7-11-23(3)19(8-12-24(21,23)25)17-9-13-26-15-17/h9,16,18-21,25H,4-8,10-15H2,1-3H3/t16-,18+,19+,20?,21?,22-,23+,24-/m0/s1. The fourth-order valence-electron chi connectivity index (χ4n) is 8.68. The van der Waals surface area contributed by atoms with Gasteiger partial charge in [0.05, 0.1) is 18.8 Å². The van der Waals surface area contributed by atoms with Crippen molar-refractivity contribution in [3.05, 3.63) is 11.6 Å². The zero-order valence-electron chi connectivity index (χ0n) is 17.1. The summed E-state index contributed by atoms with van der Waals surface area (Å²) in [6.07, 6.45) is 13.9. The average molecular weight is 359 g/mol. The zero-order chi connectivity index (χ0) is 18.2. The van der Waals surface area contributed by atoms with Crippen molar-refractivity contribution in [1.29, 1.82) is 0 Å². The van der Waals surface area contributed by atoms with Crippen molar-refractivity contribution in [3.8, 4) is 0 Å². The molecule has 8 atom stereocenters. The fraction of sp³-hybridized carbons (Fsp3) is 0.917. The summed E-state index contributed by atoms with van der Waals surface area (Å²) in [5.74, 6) is 3.64. The molecule has 26 heavy (non-hydrogen) atoms. The maximum atomic E-state index is 12.2. The van der Waals surface area contributed by atoms with Gasteiger partial charge in [-0.3, -0.25) is 0 Å². The molecule has 0 spiro atoms. The lowest BCUT2D eigenvalue weighted by atomic mass is 9.43. The van der Waals surface area contributed by atoms with Crippen LogP contribution in [0.25, 0.3) is 0 Å². The van der Waals surface area contributed by atoms with Crippen molar-refractivity contribution in [2.24, 2.45) is 40.4 Å². The summed E-state index contributed by atoms with van der Waals surface area (Å²) in [5, 5.41) is 12.2. The van der Waals surface area contributed by atoms with Crippen LogP contribution in [0, 0.1) is 40.4 Å². The van der Waals surface area contributed by atoms with Crippen LogP contribution in [0.3, 0.4) is 0 Å². The molecule has 4 aliphatic carbocycles. The number of ether oxygens (including phenoxy) is 1. The van der Waals surface area contributed by atoms with Gasteiger partial charge in [0, 0.05) is 5.41 Å². The zero-order valence-corrected chi connectivity index (χ0v) is 17.1. The van der Waals surface area contributed by atoms with Crippen molar-refractivity contribution >= 4 is 0 Å². The summed E-state index contributed by atoms with van der Waals surface area (Å²) >= 11 is 0. The van der Waals surface area contributed by atoms with Gasteiger partial charge in [0.2, 0.25) is 0 Å². The molecule has 0 radical (unpaired) electrons. The van der Waals surface area contributed by atoms with E-state index < -0.39 is 5.60 Å². The maximum absolute atomic E-state index is 12.2. The quantitative estimate of drug-likeness (QED) is 0.640. The van der Waals surface area contributed by atoms with E-state index in [1.807, 2.05) is 0 Å². The summed E-state index contributed by atoms with van der Waals surface area (Å²) in [7, 11) is 0. The lowest BCUT2D eigenvalue weighted by Crippen LogP contribution is -2.62. The number of hydrogen-bond acceptors (Lipinski definition) is 2. The van der Waals surface area contributed by atoms with E-state index in [-0.39, 0.29) is 5.41 Å². The Balaban J connectivity index is 1.47. The molecule has 4 saturated carbocycles. The maximum Gasteiger partial charge on any atom is 0.0737 e. The third-order valence-electron chi connectivity index (χ3n) is 10.3. The van der Waals surface area contributed by atoms with Crippen LogP contribution in [0.4, 0.5) is 0 Å². The number of fused-ring (bicyclic) bond motifs is 5. The van der Waals surface area contributed by atoms with Crippen LogP contribution < -0.4 is 0 Å². The Morgan fingerprint density at radius 1 is 1.00 bits per heavy atom. The van der Waals surface area contributed by atoms with Crippen LogP contribution in [0.15, 0.2) is 11.6 Å². The lowest BCUT2D eigenvalue weighted by Gasteiger charge is -2.63. The molecule has 1 aliphatic heterocycles. The van der Waals surface area contributed by atoms with E-state index >= 15 is 0 Å². The van der Waals surface area contributed by atoms with E-state index in [0.29, 0.717) is 17.3 Å². The molecule has 1 heterocycles. The van der Waals surface area contributed by atoms with Gasteiger partial charge in [-0.25, -0.2) is 0 Å². The Bertz CT molecular complexity index is 611. The number of aliphatic hydroxyl groups is 1. The molecular formula is C24H38O2. The highest BCUT2D eigenvalue weighted by molar-refractivity contribution is 5.25. The molecule has 2 unspecified atom stereocenters. The van der Waals surface area contributed by atoms with E-state index in [9.17, 15) is 5.11 Å². The van der Waals surface area contributed by atoms with Gasteiger partial charge in [-0.2, -0.15) is 0 Å². The third kappa shape index (κ3) is 2.18. The van der Waals surface area contributed by atoms with Crippen LogP contribution in [-0.4, -0.2) is 23.9 Å². The Morgan fingerprint density at radius 3 is 2.62 bits per heavy atom. The Kier molecular flexibility index (Phi) is 3.98. The highest BCUT2D eigenvalue weighted by Gasteiger charge is 2.67.